The van der Waals surface area contributed by atoms with Gasteiger partial charge in [-0.1, -0.05) is 153 Å². The summed E-state index contributed by atoms with van der Waals surface area (Å²) in [5, 5.41) is 29.8. The Balaban J connectivity index is 0.000000877. The predicted molar refractivity (Wildman–Crippen MR) is 231 cm³/mol. The van der Waals surface area contributed by atoms with Gasteiger partial charge >= 0.3 is 0 Å². The second-order valence-electron chi connectivity index (χ2n) is 15.0. The Bertz CT molecular complexity index is 2760. The number of hydrogen-bond donors (Lipinski definition) is 2. The van der Waals surface area contributed by atoms with Gasteiger partial charge in [-0.25, -0.2) is 0 Å². The molecule has 268 valence electrons. The fourth-order valence-corrected chi connectivity index (χ4v) is 8.70. The highest BCUT2D eigenvalue weighted by Gasteiger charge is 2.34. The maximum Gasteiger partial charge on any atom is 0.124 e. The van der Waals surface area contributed by atoms with Gasteiger partial charge in [0, 0.05) is 28.2 Å². The van der Waals surface area contributed by atoms with Gasteiger partial charge in [-0.3, -0.25) is 0 Å². The summed E-state index contributed by atoms with van der Waals surface area (Å²) in [6.07, 6.45) is 17.4. The number of rotatable bonds is 4. The number of aromatic hydroxyl groups is 1. The molecule has 2 N–H and O–H groups in total. The van der Waals surface area contributed by atoms with Gasteiger partial charge in [0.2, 0.25) is 0 Å². The molecular formula is C51H42N2O2. The van der Waals surface area contributed by atoms with Crippen molar-refractivity contribution < 1.29 is 10.2 Å². The summed E-state index contributed by atoms with van der Waals surface area (Å²) in [5.41, 5.74) is 9.09. The number of phenolic OH excluding ortho intramolecular Hbond substituents is 1. The van der Waals surface area contributed by atoms with Crippen LogP contribution in [0.4, 0.5) is 22.7 Å². The first-order valence-corrected chi connectivity index (χ1v) is 19.5. The predicted octanol–water partition coefficient (Wildman–Crippen LogP) is 13.7. The Labute approximate surface area is 321 Å². The lowest BCUT2D eigenvalue weighted by molar-refractivity contribution is 0.431. The van der Waals surface area contributed by atoms with E-state index in [9.17, 15) is 10.2 Å². The molecular weight excluding hydrogens is 673 g/mol. The average molecular weight is 715 g/mol. The van der Waals surface area contributed by atoms with Gasteiger partial charge in [0.05, 0.1) is 22.7 Å². The topological polar surface area (TPSA) is 46.9 Å². The molecule has 1 saturated carbocycles. The van der Waals surface area contributed by atoms with Crippen LogP contribution < -0.4 is 9.80 Å². The lowest BCUT2D eigenvalue weighted by Gasteiger charge is -2.31. The van der Waals surface area contributed by atoms with Crippen molar-refractivity contribution in [2.24, 2.45) is 5.92 Å². The number of phenols is 1. The van der Waals surface area contributed by atoms with E-state index < -0.39 is 0 Å². The Morgan fingerprint density at radius 1 is 0.491 bits per heavy atom. The molecule has 4 nitrogen and oxygen atoms in total. The Morgan fingerprint density at radius 2 is 1.00 bits per heavy atom. The van der Waals surface area contributed by atoms with Crippen LogP contribution in [0.3, 0.4) is 0 Å². The van der Waals surface area contributed by atoms with Crippen LogP contribution in [0, 0.1) is 5.92 Å². The highest BCUT2D eigenvalue weighted by atomic mass is 16.3. The fraction of sp³-hybridized carbons (Fsp3) is 0.137. The standard InChI is InChI=1S/C47H34N2O2.C4H8/c50-42-27-23-32-13-3-7-17-36(32)46(42)44-34-15-5-1-11-30(34)21-25-40(44)48-29-49(39-20-10-9-19-38(39)48)41-26-22-31-12-2-6-16-35(31)45(41)47-37-18-8-4-14-33(37)24-28-43(47)51;1-2-4-3-1/h1-13,15-28,33,50-51H,14,29H2;1-4H2. The van der Waals surface area contributed by atoms with Gasteiger partial charge in [0.15, 0.2) is 0 Å². The maximum absolute atomic E-state index is 11.7. The first kappa shape index (κ1) is 33.1. The molecule has 1 atom stereocenters. The molecule has 4 heteroatoms. The summed E-state index contributed by atoms with van der Waals surface area (Å²) < 4.78 is 0. The number of aliphatic hydroxyl groups excluding tert-OH is 1. The Kier molecular flexibility index (Phi) is 8.25. The molecule has 1 unspecified atom stereocenters. The average Bonchev–Trinajstić information content (AvgIpc) is 3.59. The van der Waals surface area contributed by atoms with Gasteiger partial charge in [-0.05, 0) is 80.7 Å². The SMILES string of the molecule is C1CCC1.OC1=C(c2c(N3CN(c4ccc5ccccc5c4-c4c(O)ccc5ccccc45)c4ccccc43)ccc3ccccc23)C2=CC=CCC2C=C1. The number of aliphatic hydroxyl groups is 1. The van der Waals surface area contributed by atoms with Crippen molar-refractivity contribution in [1.82, 2.24) is 0 Å². The highest BCUT2D eigenvalue weighted by molar-refractivity contribution is 6.13. The second-order valence-corrected chi connectivity index (χ2v) is 15.0. The van der Waals surface area contributed by atoms with Gasteiger partial charge in [0.25, 0.3) is 0 Å². The van der Waals surface area contributed by atoms with Crippen LogP contribution in [0.25, 0.3) is 49.0 Å². The second kappa shape index (κ2) is 13.7. The quantitative estimate of drug-likeness (QED) is 0.191. The molecule has 1 fully saturated rings. The molecule has 0 spiro atoms. The molecule has 0 saturated heterocycles. The van der Waals surface area contributed by atoms with Crippen LogP contribution in [0.5, 0.6) is 5.75 Å². The number of benzene rings is 7. The number of nitrogens with zero attached hydrogens (tertiary/aromatic N) is 2. The monoisotopic (exact) mass is 714 g/mol. The molecule has 0 bridgehead atoms. The molecule has 3 aliphatic carbocycles. The third-order valence-electron chi connectivity index (χ3n) is 11.8. The molecule has 0 amide bonds. The zero-order valence-corrected chi connectivity index (χ0v) is 30.7. The van der Waals surface area contributed by atoms with Gasteiger partial charge < -0.3 is 20.0 Å². The molecule has 7 aromatic rings. The number of allylic oxidation sites excluding steroid dienone is 7. The van der Waals surface area contributed by atoms with Crippen molar-refractivity contribution in [2.75, 3.05) is 16.5 Å². The molecule has 0 radical (unpaired) electrons. The Morgan fingerprint density at radius 3 is 1.60 bits per heavy atom. The number of para-hydroxylation sites is 2. The summed E-state index contributed by atoms with van der Waals surface area (Å²) in [6.45, 7) is 0.536. The minimum absolute atomic E-state index is 0.212. The van der Waals surface area contributed by atoms with Crippen molar-refractivity contribution in [3.63, 3.8) is 0 Å². The number of hydrogen-bond acceptors (Lipinski definition) is 4. The van der Waals surface area contributed by atoms with Gasteiger partial charge in [-0.15, -0.1) is 0 Å². The normalized spacial score (nSPS) is 17.2. The molecule has 7 aromatic carbocycles. The van der Waals surface area contributed by atoms with Crippen LogP contribution in [0.1, 0.15) is 37.7 Å². The van der Waals surface area contributed by atoms with E-state index in [2.05, 4.69) is 143 Å². The van der Waals surface area contributed by atoms with Crippen molar-refractivity contribution in [3.8, 4) is 16.9 Å². The van der Waals surface area contributed by atoms with E-state index in [0.29, 0.717) is 6.67 Å². The van der Waals surface area contributed by atoms with Crippen LogP contribution in [-0.4, -0.2) is 16.9 Å². The van der Waals surface area contributed by atoms with Crippen molar-refractivity contribution >= 4 is 60.6 Å². The molecule has 1 heterocycles. The lowest BCUT2D eigenvalue weighted by atomic mass is 9.78. The summed E-state index contributed by atoms with van der Waals surface area (Å²) in [6, 6.07) is 46.3. The van der Waals surface area contributed by atoms with E-state index in [1.54, 1.807) is 0 Å². The van der Waals surface area contributed by atoms with E-state index in [1.807, 2.05) is 30.3 Å². The lowest BCUT2D eigenvalue weighted by Crippen LogP contribution is -2.25. The molecule has 4 aliphatic rings. The van der Waals surface area contributed by atoms with E-state index in [0.717, 1.165) is 89.3 Å². The zero-order valence-electron chi connectivity index (χ0n) is 30.7. The van der Waals surface area contributed by atoms with E-state index in [-0.39, 0.29) is 17.4 Å². The number of fused-ring (bicyclic) bond motifs is 5. The maximum atomic E-state index is 11.7. The molecule has 1 aliphatic heterocycles. The third-order valence-corrected chi connectivity index (χ3v) is 11.8. The minimum atomic E-state index is 0.212. The van der Waals surface area contributed by atoms with E-state index in [4.69, 9.17) is 0 Å². The van der Waals surface area contributed by atoms with Crippen LogP contribution in [0.2, 0.25) is 0 Å². The summed E-state index contributed by atoms with van der Waals surface area (Å²) >= 11 is 0. The Hall–Kier alpha value is -6.52. The molecule has 55 heavy (non-hydrogen) atoms. The molecule has 11 rings (SSSR count). The van der Waals surface area contributed by atoms with Crippen LogP contribution in [-0.2, 0) is 0 Å². The molecule has 0 aromatic heterocycles. The number of anilines is 4. The van der Waals surface area contributed by atoms with Crippen molar-refractivity contribution in [3.05, 3.63) is 181 Å². The van der Waals surface area contributed by atoms with Crippen LogP contribution in [0.15, 0.2) is 175 Å². The van der Waals surface area contributed by atoms with Gasteiger partial charge in [0.1, 0.15) is 18.2 Å². The third kappa shape index (κ3) is 5.60. The highest BCUT2D eigenvalue weighted by Crippen LogP contribution is 2.53. The van der Waals surface area contributed by atoms with Crippen LogP contribution >= 0.6 is 0 Å². The minimum Gasteiger partial charge on any atom is -0.507 e. The van der Waals surface area contributed by atoms with Gasteiger partial charge in [-0.2, -0.15) is 0 Å². The zero-order chi connectivity index (χ0) is 36.9. The summed E-state index contributed by atoms with van der Waals surface area (Å²) in [4.78, 5) is 4.75. The smallest absolute Gasteiger partial charge is 0.124 e. The summed E-state index contributed by atoms with van der Waals surface area (Å²) in [5.74, 6) is 0.756. The fourth-order valence-electron chi connectivity index (χ4n) is 8.70. The summed E-state index contributed by atoms with van der Waals surface area (Å²) in [7, 11) is 0. The van der Waals surface area contributed by atoms with Crippen molar-refractivity contribution in [1.29, 1.82) is 0 Å². The van der Waals surface area contributed by atoms with E-state index >= 15 is 0 Å². The van der Waals surface area contributed by atoms with Crippen molar-refractivity contribution in [2.45, 2.75) is 32.1 Å². The van der Waals surface area contributed by atoms with E-state index in [1.165, 1.54) is 25.7 Å². The largest absolute Gasteiger partial charge is 0.507 e. The first-order valence-electron chi connectivity index (χ1n) is 19.5. The first-order chi connectivity index (χ1) is 27.2.